The smallest absolute Gasteiger partial charge is 0.163 e. The number of Topliss-reactive ketones (excluding diaryl/α,β-unsaturated/α-hetero) is 1. The van der Waals surface area contributed by atoms with Crippen molar-refractivity contribution < 1.29 is 23.7 Å². The molecule has 4 rings (SSSR count). The first-order valence-electron chi connectivity index (χ1n) is 14.4. The second kappa shape index (κ2) is 13.5. The summed E-state index contributed by atoms with van der Waals surface area (Å²) in [5.74, 6) is 0.961. The maximum absolute atomic E-state index is 13.3. The van der Waals surface area contributed by atoms with Crippen molar-refractivity contribution >= 4 is 17.4 Å². The molecule has 0 amide bonds. The molecule has 0 bridgehead atoms. The molecule has 1 aliphatic carbocycles. The monoisotopic (exact) mass is 567 g/mol. The topological polar surface area (TPSA) is 77.8 Å². The molecule has 40 heavy (non-hydrogen) atoms. The Bertz CT molecular complexity index is 1160. The van der Waals surface area contributed by atoms with Crippen molar-refractivity contribution in [2.24, 2.45) is 16.7 Å². The van der Waals surface area contributed by atoms with Crippen LogP contribution in [0.4, 0.5) is 0 Å². The summed E-state index contributed by atoms with van der Waals surface area (Å²) >= 11 is 6.21. The fraction of sp³-hybridized carbons (Fsp3) is 0.576. The zero-order valence-corrected chi connectivity index (χ0v) is 25.0. The molecule has 2 aliphatic rings. The highest BCUT2D eigenvalue weighted by molar-refractivity contribution is 6.31. The van der Waals surface area contributed by atoms with Crippen LogP contribution in [-0.4, -0.2) is 44.6 Å². The lowest BCUT2D eigenvalue weighted by atomic mass is 9.44. The first kappa shape index (κ1) is 30.5. The average molecular weight is 568 g/mol. The van der Waals surface area contributed by atoms with Crippen LogP contribution < -0.4 is 4.74 Å². The minimum Gasteiger partial charge on any atom is -0.489 e. The van der Waals surface area contributed by atoms with Crippen molar-refractivity contribution in [3.05, 3.63) is 64.2 Å². The van der Waals surface area contributed by atoms with E-state index in [1.54, 1.807) is 18.2 Å². The molecule has 0 aromatic heterocycles. The largest absolute Gasteiger partial charge is 0.489 e. The van der Waals surface area contributed by atoms with Crippen molar-refractivity contribution in [3.63, 3.8) is 0 Å². The Morgan fingerprint density at radius 2 is 1.80 bits per heavy atom. The molecule has 1 saturated heterocycles. The third-order valence-corrected chi connectivity index (χ3v) is 8.86. The summed E-state index contributed by atoms with van der Waals surface area (Å²) in [6.07, 6.45) is 5.40. The summed E-state index contributed by atoms with van der Waals surface area (Å²) in [5.41, 5.74) is 1.97. The number of hydrogen-bond donors (Lipinski definition) is 0. The van der Waals surface area contributed by atoms with Crippen LogP contribution in [-0.2, 0) is 20.6 Å². The molecule has 1 heterocycles. The first-order chi connectivity index (χ1) is 19.1. The van der Waals surface area contributed by atoms with Crippen molar-refractivity contribution in [1.29, 1.82) is 5.26 Å². The van der Waals surface area contributed by atoms with Crippen LogP contribution in [0.5, 0.6) is 5.75 Å². The number of benzene rings is 2. The molecule has 2 aromatic rings. The van der Waals surface area contributed by atoms with E-state index in [1.807, 2.05) is 24.3 Å². The van der Waals surface area contributed by atoms with Gasteiger partial charge in [0.25, 0.3) is 0 Å². The van der Waals surface area contributed by atoms with Crippen molar-refractivity contribution in [2.45, 2.75) is 78.6 Å². The second-order valence-corrected chi connectivity index (χ2v) is 12.6. The molecule has 7 heteroatoms. The van der Waals surface area contributed by atoms with Crippen LogP contribution in [0.15, 0.2) is 42.5 Å². The Hall–Kier alpha value is -2.43. The highest BCUT2D eigenvalue weighted by Crippen LogP contribution is 2.61. The standard InChI is InChI=1S/C33H42ClNO5/c1-32(2)29(33(3,4)31(32)40-26-15-14-25(22-35)27(34)20-26)21-28(36)24-12-10-23(11-13-24)8-7-16-37-18-19-39-30-9-5-6-17-38-30/h10-15,20,29-31H,5-9,16-19,21H2,1-4H3. The number of halogens is 1. The fourth-order valence-corrected chi connectivity index (χ4v) is 6.75. The molecule has 0 spiro atoms. The summed E-state index contributed by atoms with van der Waals surface area (Å²) in [6, 6.07) is 15.2. The number of nitriles is 1. The second-order valence-electron chi connectivity index (χ2n) is 12.2. The number of nitrogens with zero attached hydrogens (tertiary/aromatic N) is 1. The van der Waals surface area contributed by atoms with Gasteiger partial charge in [0.15, 0.2) is 12.1 Å². The van der Waals surface area contributed by atoms with Crippen LogP contribution in [0.2, 0.25) is 5.02 Å². The normalized spacial score (nSPS) is 23.1. The van der Waals surface area contributed by atoms with Crippen LogP contribution in [0, 0.1) is 28.1 Å². The third-order valence-electron chi connectivity index (χ3n) is 8.55. The van der Waals surface area contributed by atoms with Gasteiger partial charge in [0, 0.05) is 42.1 Å². The van der Waals surface area contributed by atoms with Gasteiger partial charge in [0.2, 0.25) is 0 Å². The summed E-state index contributed by atoms with van der Waals surface area (Å²) < 4.78 is 23.3. The molecular formula is C33H42ClNO5. The summed E-state index contributed by atoms with van der Waals surface area (Å²) in [4.78, 5) is 13.3. The summed E-state index contributed by atoms with van der Waals surface area (Å²) in [7, 11) is 0. The molecule has 1 aliphatic heterocycles. The quantitative estimate of drug-likeness (QED) is 0.185. The Morgan fingerprint density at radius 1 is 1.05 bits per heavy atom. The van der Waals surface area contributed by atoms with Crippen LogP contribution in [0.25, 0.3) is 0 Å². The number of rotatable bonds is 13. The molecule has 6 nitrogen and oxygen atoms in total. The van der Waals surface area contributed by atoms with Crippen molar-refractivity contribution in [2.75, 3.05) is 26.4 Å². The van der Waals surface area contributed by atoms with E-state index in [4.69, 9.17) is 35.8 Å². The van der Waals surface area contributed by atoms with Crippen LogP contribution in [0.1, 0.15) is 81.3 Å². The number of carbonyl (C=O) groups is 1. The number of ketones is 1. The molecule has 2 aromatic carbocycles. The molecule has 1 atom stereocenters. The molecule has 2 fully saturated rings. The van der Waals surface area contributed by atoms with E-state index in [1.165, 1.54) is 12.0 Å². The highest BCUT2D eigenvalue weighted by Gasteiger charge is 2.63. The van der Waals surface area contributed by atoms with E-state index in [0.717, 1.165) is 37.9 Å². The molecule has 216 valence electrons. The van der Waals surface area contributed by atoms with Gasteiger partial charge in [-0.1, -0.05) is 63.6 Å². The Labute approximate surface area is 243 Å². The van der Waals surface area contributed by atoms with Gasteiger partial charge < -0.3 is 18.9 Å². The number of ether oxygens (including phenoxy) is 4. The summed E-state index contributed by atoms with van der Waals surface area (Å²) in [6.45, 7) is 11.3. The Morgan fingerprint density at radius 3 is 2.45 bits per heavy atom. The lowest BCUT2D eigenvalue weighted by Crippen LogP contribution is -2.66. The number of aryl methyl sites for hydroxylation is 1. The van der Waals surface area contributed by atoms with Gasteiger partial charge >= 0.3 is 0 Å². The predicted molar refractivity (Wildman–Crippen MR) is 156 cm³/mol. The van der Waals surface area contributed by atoms with E-state index in [0.29, 0.717) is 42.6 Å². The van der Waals surface area contributed by atoms with Gasteiger partial charge in [-0.15, -0.1) is 0 Å². The van der Waals surface area contributed by atoms with E-state index in [2.05, 4.69) is 33.8 Å². The third kappa shape index (κ3) is 7.25. The van der Waals surface area contributed by atoms with Gasteiger partial charge in [-0.3, -0.25) is 4.79 Å². The highest BCUT2D eigenvalue weighted by atomic mass is 35.5. The number of carbonyl (C=O) groups excluding carboxylic acids is 1. The first-order valence-corrected chi connectivity index (χ1v) is 14.8. The lowest BCUT2D eigenvalue weighted by molar-refractivity contribution is -0.196. The van der Waals surface area contributed by atoms with E-state index < -0.39 is 0 Å². The van der Waals surface area contributed by atoms with Crippen LogP contribution in [0.3, 0.4) is 0 Å². The Kier molecular flexibility index (Phi) is 10.3. The maximum Gasteiger partial charge on any atom is 0.163 e. The minimum atomic E-state index is -0.200. The molecule has 0 N–H and O–H groups in total. The molecule has 1 unspecified atom stereocenters. The SMILES string of the molecule is CC1(C)C(CC(=O)c2ccc(CCCOCCOC3CCCCO3)cc2)C(C)(C)C1Oc1ccc(C#N)c(Cl)c1. The summed E-state index contributed by atoms with van der Waals surface area (Å²) in [5, 5.41) is 9.51. The molecular weight excluding hydrogens is 526 g/mol. The van der Waals surface area contributed by atoms with Gasteiger partial charge in [-0.25, -0.2) is 0 Å². The lowest BCUT2D eigenvalue weighted by Gasteiger charge is -2.63. The van der Waals surface area contributed by atoms with E-state index in [-0.39, 0.29) is 34.9 Å². The van der Waals surface area contributed by atoms with Crippen molar-refractivity contribution in [1.82, 2.24) is 0 Å². The van der Waals surface area contributed by atoms with E-state index in [9.17, 15) is 4.79 Å². The van der Waals surface area contributed by atoms with Gasteiger partial charge in [0.1, 0.15) is 17.9 Å². The predicted octanol–water partition coefficient (Wildman–Crippen LogP) is 7.41. The maximum atomic E-state index is 13.3. The van der Waals surface area contributed by atoms with Gasteiger partial charge in [-0.2, -0.15) is 5.26 Å². The number of hydrogen-bond acceptors (Lipinski definition) is 6. The van der Waals surface area contributed by atoms with E-state index >= 15 is 0 Å². The zero-order valence-electron chi connectivity index (χ0n) is 24.2. The molecule has 1 saturated carbocycles. The molecule has 0 radical (unpaired) electrons. The van der Waals surface area contributed by atoms with Crippen molar-refractivity contribution in [3.8, 4) is 11.8 Å². The fourth-order valence-electron chi connectivity index (χ4n) is 6.53. The minimum absolute atomic E-state index is 0.0664. The van der Waals surface area contributed by atoms with Crippen LogP contribution >= 0.6 is 11.6 Å². The van der Waals surface area contributed by atoms with Gasteiger partial charge in [-0.05, 0) is 55.7 Å². The zero-order chi connectivity index (χ0) is 28.8. The Balaban J connectivity index is 1.21. The average Bonchev–Trinajstić information content (AvgIpc) is 2.94. The van der Waals surface area contributed by atoms with Gasteiger partial charge in [0.05, 0.1) is 23.8 Å².